The first kappa shape index (κ1) is 20.8. The normalized spacial score (nSPS) is 20.8. The molecule has 0 radical (unpaired) electrons. The molecule has 0 aromatic carbocycles. The van der Waals surface area contributed by atoms with Gasteiger partial charge in [0, 0.05) is 29.1 Å². The summed E-state index contributed by atoms with van der Waals surface area (Å²) in [6, 6.07) is 0. The number of piperidine rings is 1. The predicted octanol–water partition coefficient (Wildman–Crippen LogP) is 4.83. The number of hydrogen-bond donors (Lipinski definition) is 0. The Balaban J connectivity index is 1.66. The number of aromatic nitrogens is 1. The summed E-state index contributed by atoms with van der Waals surface area (Å²) in [7, 11) is 0. The van der Waals surface area contributed by atoms with Gasteiger partial charge in [0.2, 0.25) is 0 Å². The fourth-order valence-corrected chi connectivity index (χ4v) is 4.97. The van der Waals surface area contributed by atoms with Gasteiger partial charge in [-0.2, -0.15) is 0 Å². The molecule has 6 heteroatoms. The number of carbonyl (C=O) groups is 1. The van der Waals surface area contributed by atoms with Crippen LogP contribution in [0.2, 0.25) is 0 Å². The van der Waals surface area contributed by atoms with Crippen molar-refractivity contribution in [3.8, 4) is 0 Å². The molecule has 1 aromatic heterocycles. The molecule has 0 unspecified atom stereocenters. The van der Waals surface area contributed by atoms with Crippen LogP contribution in [0.4, 0.5) is 4.79 Å². The summed E-state index contributed by atoms with van der Waals surface area (Å²) in [5.74, 6) is 0. The van der Waals surface area contributed by atoms with E-state index in [0.29, 0.717) is 6.61 Å². The van der Waals surface area contributed by atoms with Gasteiger partial charge in [0.05, 0.1) is 10.7 Å². The first-order chi connectivity index (χ1) is 13.5. The number of aryl methyl sites for hydroxylation is 2. The number of thiazole rings is 1. The summed E-state index contributed by atoms with van der Waals surface area (Å²) in [4.78, 5) is 22.7. The summed E-state index contributed by atoms with van der Waals surface area (Å²) in [6.07, 6.45) is 10.3. The number of likely N-dealkylation sites (tertiary alicyclic amines) is 1. The number of carbonyl (C=O) groups excluding carboxylic acids is 1. The van der Waals surface area contributed by atoms with E-state index in [-0.39, 0.29) is 11.5 Å². The number of ether oxygens (including phenoxy) is 1. The van der Waals surface area contributed by atoms with Crippen LogP contribution in [0.15, 0.2) is 36.6 Å². The summed E-state index contributed by atoms with van der Waals surface area (Å²) in [5, 5.41) is 1.14. The lowest BCUT2D eigenvalue weighted by Gasteiger charge is -2.46. The average molecular weight is 402 g/mol. The van der Waals surface area contributed by atoms with Crippen LogP contribution in [0.5, 0.6) is 0 Å². The predicted molar refractivity (Wildman–Crippen MR) is 114 cm³/mol. The molecule has 0 N–H and O–H groups in total. The Labute approximate surface area is 172 Å². The van der Waals surface area contributed by atoms with Crippen LogP contribution in [0.1, 0.15) is 41.8 Å². The summed E-state index contributed by atoms with van der Waals surface area (Å²) in [6.45, 7) is 14.3. The maximum absolute atomic E-state index is 12.4. The van der Waals surface area contributed by atoms with Crippen LogP contribution < -0.4 is 0 Å². The van der Waals surface area contributed by atoms with E-state index >= 15 is 0 Å². The second-order valence-corrected chi connectivity index (χ2v) is 9.08. The number of nitrogens with zero attached hydrogens (tertiary/aromatic N) is 3. The maximum atomic E-state index is 12.4. The van der Waals surface area contributed by atoms with Gasteiger partial charge in [0.1, 0.15) is 6.61 Å². The van der Waals surface area contributed by atoms with Gasteiger partial charge >= 0.3 is 6.09 Å². The molecule has 1 amide bonds. The largest absolute Gasteiger partial charge is 0.448 e. The number of amides is 1. The van der Waals surface area contributed by atoms with Gasteiger partial charge in [0.15, 0.2) is 0 Å². The molecule has 2 fully saturated rings. The third-order valence-corrected chi connectivity index (χ3v) is 6.68. The molecule has 1 spiro atoms. The zero-order valence-corrected chi connectivity index (χ0v) is 18.1. The molecule has 3 heterocycles. The lowest BCUT2D eigenvalue weighted by atomic mass is 9.77. The van der Waals surface area contributed by atoms with Crippen LogP contribution in [-0.2, 0) is 11.3 Å². The molecule has 5 nitrogen and oxygen atoms in total. The standard InChI is InChI=1S/C22H31N3O2S/c1-5-7-9-19(8-6-2)25-15-22(16-27-21(25)26)10-12-24(13-11-22)14-20-17(3)23-18(4)28-20/h5,7-9H,1,6,10-16H2,2-4H3/b9-7-,19-8+. The second-order valence-electron chi connectivity index (χ2n) is 7.79. The smallest absolute Gasteiger partial charge is 0.414 e. The molecule has 3 rings (SSSR count). The molecule has 0 saturated carbocycles. The fraction of sp³-hybridized carbons (Fsp3) is 0.545. The summed E-state index contributed by atoms with van der Waals surface area (Å²) in [5.41, 5.74) is 2.10. The second kappa shape index (κ2) is 9.05. The highest BCUT2D eigenvalue weighted by Crippen LogP contribution is 2.38. The Morgan fingerprint density at radius 3 is 2.71 bits per heavy atom. The molecule has 2 aliphatic heterocycles. The highest BCUT2D eigenvalue weighted by molar-refractivity contribution is 7.11. The molecule has 152 valence electrons. The third kappa shape index (κ3) is 4.73. The monoisotopic (exact) mass is 401 g/mol. The first-order valence-corrected chi connectivity index (χ1v) is 10.9. The van der Waals surface area contributed by atoms with Crippen molar-refractivity contribution in [3.63, 3.8) is 0 Å². The highest BCUT2D eigenvalue weighted by Gasteiger charge is 2.43. The SMILES string of the molecule is C=C/C=C\C(=C/CC)N1CC2(CCN(Cc3sc(C)nc3C)CC2)COC1=O. The molecule has 2 aliphatic rings. The Bertz CT molecular complexity index is 773. The van der Waals surface area contributed by atoms with Crippen LogP contribution in [0.3, 0.4) is 0 Å². The number of hydrogen-bond acceptors (Lipinski definition) is 5. The van der Waals surface area contributed by atoms with E-state index in [9.17, 15) is 4.79 Å². The number of cyclic esters (lactones) is 1. The quantitative estimate of drug-likeness (QED) is 0.641. The van der Waals surface area contributed by atoms with Crippen LogP contribution in [-0.4, -0.2) is 47.1 Å². The van der Waals surface area contributed by atoms with Crippen LogP contribution >= 0.6 is 11.3 Å². The van der Waals surface area contributed by atoms with Crippen molar-refractivity contribution in [2.45, 2.75) is 46.6 Å². The van der Waals surface area contributed by atoms with E-state index in [2.05, 4.69) is 43.3 Å². The van der Waals surface area contributed by atoms with Crippen LogP contribution in [0, 0.1) is 19.3 Å². The van der Waals surface area contributed by atoms with E-state index in [1.54, 1.807) is 22.3 Å². The van der Waals surface area contributed by atoms with Gasteiger partial charge in [0.25, 0.3) is 0 Å². The number of allylic oxidation sites excluding steroid dienone is 4. The molecule has 0 atom stereocenters. The lowest BCUT2D eigenvalue weighted by molar-refractivity contribution is -0.0298. The van der Waals surface area contributed by atoms with Gasteiger partial charge in [-0.1, -0.05) is 31.7 Å². The molecule has 1 aromatic rings. The van der Waals surface area contributed by atoms with E-state index in [1.807, 2.05) is 12.2 Å². The van der Waals surface area contributed by atoms with Crippen molar-refractivity contribution in [1.82, 2.24) is 14.8 Å². The Hall–Kier alpha value is -1.92. The highest BCUT2D eigenvalue weighted by atomic mass is 32.1. The van der Waals surface area contributed by atoms with E-state index < -0.39 is 0 Å². The Morgan fingerprint density at radius 2 is 2.11 bits per heavy atom. The summed E-state index contributed by atoms with van der Waals surface area (Å²) < 4.78 is 5.63. The average Bonchev–Trinajstić information content (AvgIpc) is 3.00. The summed E-state index contributed by atoms with van der Waals surface area (Å²) >= 11 is 1.80. The number of rotatable bonds is 6. The minimum atomic E-state index is -0.239. The first-order valence-electron chi connectivity index (χ1n) is 10.0. The maximum Gasteiger partial charge on any atom is 0.414 e. The Kier molecular flexibility index (Phi) is 6.73. The van der Waals surface area contributed by atoms with E-state index in [4.69, 9.17) is 4.74 Å². The van der Waals surface area contributed by atoms with Gasteiger partial charge in [-0.15, -0.1) is 11.3 Å². The zero-order valence-electron chi connectivity index (χ0n) is 17.2. The van der Waals surface area contributed by atoms with Crippen molar-refractivity contribution in [1.29, 1.82) is 0 Å². The van der Waals surface area contributed by atoms with Gasteiger partial charge < -0.3 is 4.74 Å². The van der Waals surface area contributed by atoms with E-state index in [0.717, 1.165) is 61.8 Å². The van der Waals surface area contributed by atoms with Gasteiger partial charge in [-0.3, -0.25) is 9.80 Å². The topological polar surface area (TPSA) is 45.7 Å². The molecular formula is C22H31N3O2S. The third-order valence-electron chi connectivity index (χ3n) is 5.63. The fourth-order valence-electron chi connectivity index (χ4n) is 3.99. The van der Waals surface area contributed by atoms with Crippen LogP contribution in [0.25, 0.3) is 0 Å². The zero-order chi connectivity index (χ0) is 20.1. The van der Waals surface area contributed by atoms with Gasteiger partial charge in [-0.25, -0.2) is 9.78 Å². The molecule has 28 heavy (non-hydrogen) atoms. The van der Waals surface area contributed by atoms with E-state index in [1.165, 1.54) is 4.88 Å². The molecule has 0 aliphatic carbocycles. The van der Waals surface area contributed by atoms with Crippen molar-refractivity contribution in [2.24, 2.45) is 5.41 Å². The minimum absolute atomic E-state index is 0.0396. The Morgan fingerprint density at radius 1 is 1.36 bits per heavy atom. The van der Waals surface area contributed by atoms with Crippen molar-refractivity contribution < 1.29 is 9.53 Å². The molecular weight excluding hydrogens is 370 g/mol. The van der Waals surface area contributed by atoms with Crippen molar-refractivity contribution in [3.05, 3.63) is 52.2 Å². The molecule has 2 saturated heterocycles. The molecule has 0 bridgehead atoms. The minimum Gasteiger partial charge on any atom is -0.448 e. The van der Waals surface area contributed by atoms with Crippen molar-refractivity contribution >= 4 is 17.4 Å². The lowest BCUT2D eigenvalue weighted by Crippen LogP contribution is -2.53. The van der Waals surface area contributed by atoms with Crippen molar-refractivity contribution in [2.75, 3.05) is 26.2 Å². The van der Waals surface area contributed by atoms with Gasteiger partial charge in [-0.05, 0) is 52.3 Å².